The maximum Gasteiger partial charge on any atom is 0.0724 e. The van der Waals surface area contributed by atoms with Crippen molar-refractivity contribution in [3.63, 3.8) is 0 Å². The molecule has 2 heterocycles. The van der Waals surface area contributed by atoms with E-state index in [2.05, 4.69) is 67.0 Å². The third-order valence-electron chi connectivity index (χ3n) is 6.52. The number of rotatable bonds is 2. The molecule has 0 aromatic heterocycles. The van der Waals surface area contributed by atoms with E-state index in [-0.39, 0.29) is 12.2 Å². The van der Waals surface area contributed by atoms with Gasteiger partial charge in [-0.05, 0) is 51.2 Å². The van der Waals surface area contributed by atoms with E-state index in [0.29, 0.717) is 18.0 Å². The van der Waals surface area contributed by atoms with Crippen LogP contribution >= 0.6 is 0 Å². The maximum absolute atomic E-state index is 9.07. The molecule has 3 aliphatic rings. The Bertz CT molecular complexity index is 636. The largest absolute Gasteiger partial charge is 0.354 e. The number of hydrogen-bond donors (Lipinski definition) is 0. The molecule has 1 saturated heterocycles. The Morgan fingerprint density at radius 1 is 1.17 bits per heavy atom. The molecule has 124 valence electrons. The lowest BCUT2D eigenvalue weighted by Crippen LogP contribution is -2.50. The van der Waals surface area contributed by atoms with Gasteiger partial charge in [0, 0.05) is 17.3 Å². The summed E-state index contributed by atoms with van der Waals surface area (Å²) in [7, 11) is 0. The van der Waals surface area contributed by atoms with E-state index in [1.165, 1.54) is 43.4 Å². The van der Waals surface area contributed by atoms with Crippen LogP contribution in [-0.4, -0.2) is 29.2 Å². The fraction of sp³-hybridized carbons (Fsp3) is 0.619. The molecule has 1 aromatic rings. The second kappa shape index (κ2) is 5.66. The van der Waals surface area contributed by atoms with E-state index in [1.54, 1.807) is 0 Å². The summed E-state index contributed by atoms with van der Waals surface area (Å²) < 4.78 is 9.07. The first-order valence-corrected chi connectivity index (χ1v) is 9.28. The molecule has 23 heavy (non-hydrogen) atoms. The fourth-order valence-electron chi connectivity index (χ4n) is 4.96. The van der Waals surface area contributed by atoms with E-state index in [4.69, 9.17) is 1.37 Å². The number of para-hydroxylation sites is 1. The molecular formula is C21H30N2. The fourth-order valence-corrected chi connectivity index (χ4v) is 4.96. The number of fused-ring (bicyclic) bond motifs is 1. The van der Waals surface area contributed by atoms with Gasteiger partial charge in [0.05, 0.1) is 14.1 Å². The minimum absolute atomic E-state index is 0.0448. The van der Waals surface area contributed by atoms with E-state index in [0.717, 1.165) is 0 Å². The van der Waals surface area contributed by atoms with E-state index >= 15 is 0 Å². The number of nitrogens with zero attached hydrogens (tertiary/aromatic N) is 2. The monoisotopic (exact) mass is 311 g/mol. The van der Waals surface area contributed by atoms with Crippen LogP contribution in [-0.2, 0) is 0 Å². The van der Waals surface area contributed by atoms with Gasteiger partial charge >= 0.3 is 0 Å². The Morgan fingerprint density at radius 2 is 1.91 bits per heavy atom. The predicted molar refractivity (Wildman–Crippen MR) is 97.7 cm³/mol. The van der Waals surface area contributed by atoms with Gasteiger partial charge in [-0.1, -0.05) is 49.6 Å². The summed E-state index contributed by atoms with van der Waals surface area (Å²) in [6, 6.07) is 9.23. The highest BCUT2D eigenvalue weighted by Crippen LogP contribution is 2.46. The lowest BCUT2D eigenvalue weighted by atomic mass is 9.75. The van der Waals surface area contributed by atoms with Crippen LogP contribution in [0.5, 0.6) is 0 Å². The van der Waals surface area contributed by atoms with Gasteiger partial charge in [-0.3, -0.25) is 4.90 Å². The van der Waals surface area contributed by atoms with Crippen molar-refractivity contribution >= 4 is 5.69 Å². The molecule has 1 aliphatic carbocycles. The molecule has 1 aromatic carbocycles. The lowest BCUT2D eigenvalue weighted by molar-refractivity contribution is 0.0852. The van der Waals surface area contributed by atoms with Crippen LogP contribution < -0.4 is 4.90 Å². The third kappa shape index (κ3) is 2.34. The number of benzene rings is 1. The van der Waals surface area contributed by atoms with Gasteiger partial charge in [-0.2, -0.15) is 0 Å². The Balaban J connectivity index is 1.68. The van der Waals surface area contributed by atoms with Crippen LogP contribution in [0, 0.1) is 12.8 Å². The molecule has 0 N–H and O–H groups in total. The summed E-state index contributed by atoms with van der Waals surface area (Å²) in [5.74, 6) is 0.698. The number of aryl methyl sites for hydroxylation is 1. The first-order valence-electron chi connectivity index (χ1n) is 9.86. The van der Waals surface area contributed by atoms with Crippen LogP contribution in [0.3, 0.4) is 0 Å². The summed E-state index contributed by atoms with van der Waals surface area (Å²) in [5.41, 5.74) is 2.54. The first-order chi connectivity index (χ1) is 11.5. The molecule has 0 spiro atoms. The molecule has 0 radical (unpaired) electrons. The lowest BCUT2D eigenvalue weighted by Gasteiger charge is -2.43. The predicted octanol–water partition coefficient (Wildman–Crippen LogP) is 4.74. The average molecular weight is 311 g/mol. The van der Waals surface area contributed by atoms with E-state index in [1.807, 2.05) is 0 Å². The van der Waals surface area contributed by atoms with Crippen LogP contribution in [0.15, 0.2) is 36.4 Å². The van der Waals surface area contributed by atoms with Crippen molar-refractivity contribution < 1.29 is 1.37 Å². The summed E-state index contributed by atoms with van der Waals surface area (Å²) in [6.07, 6.45) is 11.5. The topological polar surface area (TPSA) is 6.48 Å². The van der Waals surface area contributed by atoms with Crippen molar-refractivity contribution in [1.82, 2.24) is 4.90 Å². The van der Waals surface area contributed by atoms with Crippen molar-refractivity contribution in [2.75, 3.05) is 11.5 Å². The first kappa shape index (κ1) is 14.1. The van der Waals surface area contributed by atoms with E-state index in [9.17, 15) is 0 Å². The van der Waals surface area contributed by atoms with E-state index < -0.39 is 0 Å². The highest BCUT2D eigenvalue weighted by molar-refractivity contribution is 5.55. The zero-order valence-corrected chi connectivity index (χ0v) is 14.7. The highest BCUT2D eigenvalue weighted by atomic mass is 15.4. The van der Waals surface area contributed by atoms with Gasteiger partial charge in [-0.15, -0.1) is 0 Å². The van der Waals surface area contributed by atoms with Crippen LogP contribution in [0.1, 0.15) is 52.9 Å². The zero-order valence-electron chi connectivity index (χ0n) is 15.7. The van der Waals surface area contributed by atoms with Crippen molar-refractivity contribution in [1.29, 1.82) is 0 Å². The summed E-state index contributed by atoms with van der Waals surface area (Å²) >= 11 is 0. The Labute approximate surface area is 142 Å². The molecule has 4 atom stereocenters. The van der Waals surface area contributed by atoms with Gasteiger partial charge in [-0.25, -0.2) is 0 Å². The van der Waals surface area contributed by atoms with Gasteiger partial charge in [0.2, 0.25) is 0 Å². The number of hydrogen-bond acceptors (Lipinski definition) is 2. The van der Waals surface area contributed by atoms with Crippen molar-refractivity contribution in [2.45, 2.75) is 70.5 Å². The maximum atomic E-state index is 9.07. The van der Waals surface area contributed by atoms with Gasteiger partial charge in [0.15, 0.2) is 0 Å². The number of anilines is 1. The Morgan fingerprint density at radius 3 is 2.65 bits per heavy atom. The molecule has 2 aliphatic heterocycles. The minimum atomic E-state index is -0.298. The highest BCUT2D eigenvalue weighted by Gasteiger charge is 2.50. The average Bonchev–Trinajstić information content (AvgIpc) is 3.07. The van der Waals surface area contributed by atoms with Crippen LogP contribution in [0.25, 0.3) is 0 Å². The molecule has 0 bridgehead atoms. The molecule has 0 amide bonds. The SMILES string of the molecule is [2H]C1N(c2ccccc2C)[C@@H](C)C2C=CC(C)(C3CCCCC3)N21. The van der Waals surface area contributed by atoms with Crippen LogP contribution in [0.4, 0.5) is 5.69 Å². The zero-order chi connectivity index (χ0) is 16.9. The summed E-state index contributed by atoms with van der Waals surface area (Å²) in [6.45, 7) is 6.53. The molecule has 1 saturated carbocycles. The van der Waals surface area contributed by atoms with Crippen molar-refractivity contribution in [2.24, 2.45) is 5.92 Å². The molecular weight excluding hydrogens is 280 g/mol. The second-order valence-electron chi connectivity index (χ2n) is 7.87. The second-order valence-corrected chi connectivity index (χ2v) is 7.87. The quantitative estimate of drug-likeness (QED) is 0.728. The Hall–Kier alpha value is -1.28. The minimum Gasteiger partial charge on any atom is -0.354 e. The van der Waals surface area contributed by atoms with Crippen molar-refractivity contribution in [3.05, 3.63) is 42.0 Å². The molecule has 2 heteroatoms. The molecule has 2 fully saturated rings. The van der Waals surface area contributed by atoms with Gasteiger partial charge in [0.1, 0.15) is 0 Å². The van der Waals surface area contributed by atoms with Crippen LogP contribution in [0.2, 0.25) is 0 Å². The smallest absolute Gasteiger partial charge is 0.0724 e. The van der Waals surface area contributed by atoms with Gasteiger partial charge < -0.3 is 4.90 Å². The van der Waals surface area contributed by atoms with Crippen molar-refractivity contribution in [3.8, 4) is 0 Å². The summed E-state index contributed by atoms with van der Waals surface area (Å²) in [4.78, 5) is 4.81. The van der Waals surface area contributed by atoms with Gasteiger partial charge in [0.25, 0.3) is 0 Å². The normalized spacial score (nSPS) is 38.8. The molecule has 2 nitrogen and oxygen atoms in total. The Kier molecular flexibility index (Phi) is 3.47. The molecule has 3 unspecified atom stereocenters. The summed E-state index contributed by atoms with van der Waals surface area (Å²) in [5, 5.41) is 0. The standard InChI is InChI=1S/C21H30N2/c1-16-9-7-8-12-19(16)22-15-23-20(17(22)2)13-14-21(23,3)18-10-5-4-6-11-18/h7-9,12-14,17-18,20H,4-6,10-11,15H2,1-3H3/t17-,20?,21?/m0/s1/i15D/t15?,17-,20?,21?. The molecule has 4 rings (SSSR count). The third-order valence-corrected chi connectivity index (χ3v) is 6.52.